The topological polar surface area (TPSA) is 17.8 Å². The fourth-order valence-corrected chi connectivity index (χ4v) is 2.38. The minimum Gasteiger partial charge on any atom is -0.255 e. The van der Waals surface area contributed by atoms with E-state index in [4.69, 9.17) is 0 Å². The molecule has 120 valence electrons. The Hall–Kier alpha value is -1.78. The second-order valence-electron chi connectivity index (χ2n) is 6.28. The van der Waals surface area contributed by atoms with Gasteiger partial charge in [-0.3, -0.25) is 4.68 Å². The highest BCUT2D eigenvalue weighted by molar-refractivity contribution is 5.65. The molecule has 2 aromatic rings. The van der Waals surface area contributed by atoms with Crippen LogP contribution >= 0.6 is 0 Å². The molecule has 0 fully saturated rings. The fourth-order valence-electron chi connectivity index (χ4n) is 2.38. The highest BCUT2D eigenvalue weighted by Crippen LogP contribution is 2.36. The Labute approximate surface area is 129 Å². The second-order valence-corrected chi connectivity index (χ2v) is 6.28. The average Bonchev–Trinajstić information content (AvgIpc) is 2.82. The highest BCUT2D eigenvalue weighted by atomic mass is 19.4. The van der Waals surface area contributed by atoms with Crippen LogP contribution in [0.1, 0.15) is 38.3 Å². The van der Waals surface area contributed by atoms with Crippen LogP contribution in [-0.4, -0.2) is 16.0 Å². The predicted octanol–water partition coefficient (Wildman–Crippen LogP) is 5.11. The lowest BCUT2D eigenvalue weighted by Crippen LogP contribution is -2.21. The Morgan fingerprint density at radius 1 is 1.09 bits per heavy atom. The molecule has 1 heterocycles. The molecular formula is C17H21F3N2. The number of nitrogens with zero attached hydrogens (tertiary/aromatic N) is 2. The van der Waals surface area contributed by atoms with Crippen LogP contribution in [0.15, 0.2) is 30.5 Å². The zero-order valence-electron chi connectivity index (χ0n) is 13.3. The number of halogens is 3. The van der Waals surface area contributed by atoms with E-state index < -0.39 is 12.7 Å². The van der Waals surface area contributed by atoms with Crippen molar-refractivity contribution >= 4 is 0 Å². The largest absolute Gasteiger partial charge is 0.408 e. The molecule has 2 rings (SSSR count). The molecule has 0 aliphatic carbocycles. The van der Waals surface area contributed by atoms with Crippen LogP contribution in [0.5, 0.6) is 0 Å². The van der Waals surface area contributed by atoms with Crippen molar-refractivity contribution in [2.45, 2.75) is 52.3 Å². The fraction of sp³-hybridized carbons (Fsp3) is 0.471. The zero-order valence-corrected chi connectivity index (χ0v) is 13.3. The van der Waals surface area contributed by atoms with Crippen molar-refractivity contribution in [3.8, 4) is 11.3 Å². The SMILES string of the molecule is CCC(C)(C)c1cnn(CC(F)(F)F)c1-c1ccc(C)cc1. The highest BCUT2D eigenvalue weighted by Gasteiger charge is 2.32. The van der Waals surface area contributed by atoms with Gasteiger partial charge in [-0.2, -0.15) is 18.3 Å². The van der Waals surface area contributed by atoms with Gasteiger partial charge in [0.2, 0.25) is 0 Å². The van der Waals surface area contributed by atoms with Crippen molar-refractivity contribution in [1.29, 1.82) is 0 Å². The summed E-state index contributed by atoms with van der Waals surface area (Å²) < 4.78 is 39.6. The number of alkyl halides is 3. The van der Waals surface area contributed by atoms with Gasteiger partial charge in [-0.15, -0.1) is 0 Å². The maximum absolute atomic E-state index is 12.8. The molecule has 22 heavy (non-hydrogen) atoms. The summed E-state index contributed by atoms with van der Waals surface area (Å²) in [7, 11) is 0. The molecule has 0 N–H and O–H groups in total. The van der Waals surface area contributed by atoms with E-state index in [1.165, 1.54) is 0 Å². The molecule has 0 atom stereocenters. The molecule has 0 radical (unpaired) electrons. The van der Waals surface area contributed by atoms with Gasteiger partial charge in [0.1, 0.15) is 6.54 Å². The second kappa shape index (κ2) is 5.78. The third-order valence-electron chi connectivity index (χ3n) is 4.11. The van der Waals surface area contributed by atoms with Gasteiger partial charge in [0.15, 0.2) is 0 Å². The Morgan fingerprint density at radius 3 is 2.18 bits per heavy atom. The molecule has 0 bridgehead atoms. The van der Waals surface area contributed by atoms with Gasteiger partial charge >= 0.3 is 6.18 Å². The number of rotatable bonds is 4. The number of hydrogen-bond donors (Lipinski definition) is 0. The molecule has 1 aromatic heterocycles. The van der Waals surface area contributed by atoms with Crippen LogP contribution in [0, 0.1) is 6.92 Å². The van der Waals surface area contributed by atoms with Gasteiger partial charge in [-0.25, -0.2) is 0 Å². The lowest BCUT2D eigenvalue weighted by Gasteiger charge is -2.24. The number of hydrogen-bond acceptors (Lipinski definition) is 1. The lowest BCUT2D eigenvalue weighted by atomic mass is 9.81. The third-order valence-corrected chi connectivity index (χ3v) is 4.11. The van der Waals surface area contributed by atoms with Gasteiger partial charge < -0.3 is 0 Å². The molecule has 5 heteroatoms. The van der Waals surface area contributed by atoms with Crippen molar-refractivity contribution in [2.75, 3.05) is 0 Å². The van der Waals surface area contributed by atoms with E-state index in [9.17, 15) is 13.2 Å². The molecule has 0 aliphatic rings. The van der Waals surface area contributed by atoms with Crippen LogP contribution in [0.2, 0.25) is 0 Å². The van der Waals surface area contributed by atoms with Crippen LogP contribution in [0.25, 0.3) is 11.3 Å². The van der Waals surface area contributed by atoms with Gasteiger partial charge in [-0.05, 0) is 18.8 Å². The van der Waals surface area contributed by atoms with Crippen LogP contribution in [0.4, 0.5) is 13.2 Å². The number of aryl methyl sites for hydroxylation is 1. The molecule has 1 aromatic carbocycles. The van der Waals surface area contributed by atoms with Crippen LogP contribution < -0.4 is 0 Å². The molecule has 0 amide bonds. The minimum atomic E-state index is -4.29. The van der Waals surface area contributed by atoms with Gasteiger partial charge in [-0.1, -0.05) is 50.6 Å². The molecule has 0 unspecified atom stereocenters. The summed E-state index contributed by atoms with van der Waals surface area (Å²) in [4.78, 5) is 0. The Kier molecular flexibility index (Phi) is 4.36. The van der Waals surface area contributed by atoms with E-state index in [0.29, 0.717) is 5.69 Å². The van der Waals surface area contributed by atoms with E-state index in [1.807, 2.05) is 52.0 Å². The van der Waals surface area contributed by atoms with E-state index in [-0.39, 0.29) is 5.41 Å². The van der Waals surface area contributed by atoms with E-state index in [1.54, 1.807) is 6.20 Å². The summed E-state index contributed by atoms with van der Waals surface area (Å²) in [6.07, 6.45) is -1.90. The van der Waals surface area contributed by atoms with E-state index in [0.717, 1.165) is 27.8 Å². The van der Waals surface area contributed by atoms with Crippen molar-refractivity contribution in [3.05, 3.63) is 41.6 Å². The lowest BCUT2D eigenvalue weighted by molar-refractivity contribution is -0.142. The Bertz CT molecular complexity index is 637. The van der Waals surface area contributed by atoms with Gasteiger partial charge in [0, 0.05) is 11.1 Å². The quantitative estimate of drug-likeness (QED) is 0.767. The summed E-state index contributed by atoms with van der Waals surface area (Å²) >= 11 is 0. The maximum Gasteiger partial charge on any atom is 0.408 e. The van der Waals surface area contributed by atoms with Crippen LogP contribution in [0.3, 0.4) is 0 Å². The van der Waals surface area contributed by atoms with Crippen molar-refractivity contribution in [3.63, 3.8) is 0 Å². The minimum absolute atomic E-state index is 0.232. The van der Waals surface area contributed by atoms with Crippen LogP contribution in [-0.2, 0) is 12.0 Å². The predicted molar refractivity (Wildman–Crippen MR) is 81.8 cm³/mol. The Balaban J connectivity index is 2.60. The molecule has 2 nitrogen and oxygen atoms in total. The zero-order chi connectivity index (χ0) is 16.5. The summed E-state index contributed by atoms with van der Waals surface area (Å²) in [6.45, 7) is 6.96. The summed E-state index contributed by atoms with van der Waals surface area (Å²) in [5.74, 6) is 0. The van der Waals surface area contributed by atoms with Crippen molar-refractivity contribution in [1.82, 2.24) is 9.78 Å². The first-order chi connectivity index (χ1) is 10.1. The first-order valence-electron chi connectivity index (χ1n) is 7.34. The standard InChI is InChI=1S/C17H21F3N2/c1-5-16(3,4)14-10-21-22(11-17(18,19)20)15(14)13-8-6-12(2)7-9-13/h6-10H,5,11H2,1-4H3. The Morgan fingerprint density at radius 2 is 1.68 bits per heavy atom. The third kappa shape index (κ3) is 3.51. The maximum atomic E-state index is 12.8. The van der Waals surface area contributed by atoms with E-state index in [2.05, 4.69) is 5.10 Å². The first kappa shape index (κ1) is 16.6. The first-order valence-corrected chi connectivity index (χ1v) is 7.34. The normalized spacial score (nSPS) is 12.7. The molecule has 0 aliphatic heterocycles. The van der Waals surface area contributed by atoms with Crippen molar-refractivity contribution < 1.29 is 13.2 Å². The average molecular weight is 310 g/mol. The van der Waals surface area contributed by atoms with Gasteiger partial charge in [0.25, 0.3) is 0 Å². The number of benzene rings is 1. The number of aromatic nitrogens is 2. The molecule has 0 saturated heterocycles. The molecule has 0 saturated carbocycles. The summed E-state index contributed by atoms with van der Waals surface area (Å²) in [6, 6.07) is 7.52. The van der Waals surface area contributed by atoms with Crippen molar-refractivity contribution in [2.24, 2.45) is 0 Å². The van der Waals surface area contributed by atoms with Gasteiger partial charge in [0.05, 0.1) is 11.9 Å². The molecular weight excluding hydrogens is 289 g/mol. The smallest absolute Gasteiger partial charge is 0.255 e. The summed E-state index contributed by atoms with van der Waals surface area (Å²) in [5, 5.41) is 4.01. The monoisotopic (exact) mass is 310 g/mol. The van der Waals surface area contributed by atoms with E-state index >= 15 is 0 Å². The molecule has 0 spiro atoms. The summed E-state index contributed by atoms with van der Waals surface area (Å²) in [5.41, 5.74) is 3.02.